The number of nitrogens with zero attached hydrogens (tertiary/aromatic N) is 2. The smallest absolute Gasteiger partial charge is 0.270 e. The predicted molar refractivity (Wildman–Crippen MR) is 43.8 cm³/mol. The largest absolute Gasteiger partial charge is 0.383 e. The highest BCUT2D eigenvalue weighted by Crippen LogP contribution is 2.21. The van der Waals surface area contributed by atoms with E-state index in [1.807, 2.05) is 0 Å². The second kappa shape index (κ2) is 2.54. The first-order chi connectivity index (χ1) is 5.04. The molecule has 0 unspecified atom stereocenters. The third kappa shape index (κ3) is 1.21. The lowest BCUT2D eigenvalue weighted by atomic mass is 10.4. The molecule has 0 atom stereocenters. The second-order valence-electron chi connectivity index (χ2n) is 2.04. The zero-order chi connectivity index (χ0) is 8.59. The number of amides is 1. The molecule has 4 N–H and O–H groups in total. The number of halogens is 1. The minimum Gasteiger partial charge on any atom is -0.383 e. The number of rotatable bonds is 1. The number of nitrogens with two attached hydrogens (primary N) is 2. The number of nitrogen functional groups attached to an aromatic ring is 1. The van der Waals surface area contributed by atoms with Crippen LogP contribution >= 0.6 is 15.9 Å². The van der Waals surface area contributed by atoms with E-state index >= 15 is 0 Å². The average molecular weight is 219 g/mol. The van der Waals surface area contributed by atoms with Gasteiger partial charge in [0.25, 0.3) is 5.91 Å². The molecular formula is C5H7BrN4O. The monoisotopic (exact) mass is 218 g/mol. The summed E-state index contributed by atoms with van der Waals surface area (Å²) in [6.45, 7) is 0. The molecule has 0 fully saturated rings. The topological polar surface area (TPSA) is 86.9 Å². The van der Waals surface area contributed by atoms with Crippen LogP contribution in [0, 0.1) is 0 Å². The summed E-state index contributed by atoms with van der Waals surface area (Å²) in [5, 5.41) is 3.78. The number of carbonyl (C=O) groups is 1. The predicted octanol–water partition coefficient (Wildman–Crippen LogP) is -0.136. The Bertz CT molecular complexity index is 306. The first-order valence-corrected chi connectivity index (χ1v) is 3.61. The summed E-state index contributed by atoms with van der Waals surface area (Å²) in [4.78, 5) is 10.6. The maximum atomic E-state index is 10.6. The van der Waals surface area contributed by atoms with Gasteiger partial charge in [0.05, 0.1) is 4.47 Å². The van der Waals surface area contributed by atoms with Crippen LogP contribution in [0.1, 0.15) is 10.5 Å². The fraction of sp³-hybridized carbons (Fsp3) is 0.200. The Morgan fingerprint density at radius 2 is 2.27 bits per heavy atom. The van der Waals surface area contributed by atoms with Gasteiger partial charge in [0.1, 0.15) is 5.82 Å². The van der Waals surface area contributed by atoms with Gasteiger partial charge in [0.15, 0.2) is 5.69 Å². The van der Waals surface area contributed by atoms with Gasteiger partial charge in [0.2, 0.25) is 0 Å². The van der Waals surface area contributed by atoms with Crippen molar-refractivity contribution in [1.29, 1.82) is 0 Å². The van der Waals surface area contributed by atoms with Crippen LogP contribution in [0.4, 0.5) is 5.82 Å². The van der Waals surface area contributed by atoms with Crippen molar-refractivity contribution in [2.45, 2.75) is 0 Å². The molecule has 1 aromatic rings. The Morgan fingerprint density at radius 1 is 1.73 bits per heavy atom. The van der Waals surface area contributed by atoms with Gasteiger partial charge in [0, 0.05) is 7.05 Å². The summed E-state index contributed by atoms with van der Waals surface area (Å²) in [5.41, 5.74) is 10.6. The van der Waals surface area contributed by atoms with E-state index in [0.29, 0.717) is 10.3 Å². The Balaban J connectivity index is 3.29. The number of hydrogen-bond donors (Lipinski definition) is 2. The molecule has 11 heavy (non-hydrogen) atoms. The second-order valence-corrected chi connectivity index (χ2v) is 2.83. The summed E-state index contributed by atoms with van der Waals surface area (Å²) in [6, 6.07) is 0. The molecule has 0 saturated heterocycles. The SMILES string of the molecule is Cn1nc(C(N)=O)c(Br)c1N. The Kier molecular flexibility index (Phi) is 1.86. The standard InChI is InChI=1S/C5H7BrN4O/c1-10-4(7)2(6)3(9-10)5(8)11/h7H2,1H3,(H2,8,11). The van der Waals surface area contributed by atoms with E-state index in [2.05, 4.69) is 21.0 Å². The zero-order valence-corrected chi connectivity index (χ0v) is 7.42. The molecule has 1 amide bonds. The van der Waals surface area contributed by atoms with Crippen LogP contribution in [0.25, 0.3) is 0 Å². The molecule has 0 saturated carbocycles. The normalized spacial score (nSPS) is 10.0. The summed E-state index contributed by atoms with van der Waals surface area (Å²) in [7, 11) is 1.63. The molecule has 0 aromatic carbocycles. The molecule has 0 aliphatic rings. The highest BCUT2D eigenvalue weighted by atomic mass is 79.9. The molecule has 1 rings (SSSR count). The fourth-order valence-corrected chi connectivity index (χ4v) is 1.20. The number of primary amides is 1. The van der Waals surface area contributed by atoms with E-state index in [9.17, 15) is 4.79 Å². The quantitative estimate of drug-likeness (QED) is 0.689. The third-order valence-electron chi connectivity index (χ3n) is 1.26. The van der Waals surface area contributed by atoms with E-state index in [4.69, 9.17) is 11.5 Å². The van der Waals surface area contributed by atoms with Crippen molar-refractivity contribution < 1.29 is 4.79 Å². The number of carbonyl (C=O) groups excluding carboxylic acids is 1. The minimum atomic E-state index is -0.593. The van der Waals surface area contributed by atoms with E-state index in [1.54, 1.807) is 7.05 Å². The van der Waals surface area contributed by atoms with Gasteiger partial charge < -0.3 is 11.5 Å². The van der Waals surface area contributed by atoms with Gasteiger partial charge in [-0.25, -0.2) is 0 Å². The molecule has 0 aliphatic heterocycles. The van der Waals surface area contributed by atoms with Crippen LogP contribution in [-0.2, 0) is 7.05 Å². The van der Waals surface area contributed by atoms with Crippen molar-refractivity contribution in [2.75, 3.05) is 5.73 Å². The molecule has 60 valence electrons. The van der Waals surface area contributed by atoms with Crippen molar-refractivity contribution in [3.63, 3.8) is 0 Å². The highest BCUT2D eigenvalue weighted by molar-refractivity contribution is 9.10. The Hall–Kier alpha value is -1.04. The fourth-order valence-electron chi connectivity index (χ4n) is 0.669. The number of hydrogen-bond acceptors (Lipinski definition) is 3. The minimum absolute atomic E-state index is 0.157. The lowest BCUT2D eigenvalue weighted by Gasteiger charge is -1.89. The van der Waals surface area contributed by atoms with Crippen molar-refractivity contribution >= 4 is 27.7 Å². The van der Waals surface area contributed by atoms with Crippen molar-refractivity contribution in [2.24, 2.45) is 12.8 Å². The number of anilines is 1. The summed E-state index contributed by atoms with van der Waals surface area (Å²) in [6.07, 6.45) is 0. The molecule has 0 aliphatic carbocycles. The molecule has 1 aromatic heterocycles. The molecular weight excluding hydrogens is 212 g/mol. The van der Waals surface area contributed by atoms with E-state index in [1.165, 1.54) is 4.68 Å². The molecule has 0 bridgehead atoms. The molecule has 0 spiro atoms. The van der Waals surface area contributed by atoms with Crippen LogP contribution in [0.3, 0.4) is 0 Å². The van der Waals surface area contributed by atoms with Gasteiger partial charge in [-0.1, -0.05) is 0 Å². The lowest BCUT2D eigenvalue weighted by Crippen LogP contribution is -2.12. The highest BCUT2D eigenvalue weighted by Gasteiger charge is 2.14. The van der Waals surface area contributed by atoms with Crippen LogP contribution in [0.2, 0.25) is 0 Å². The van der Waals surface area contributed by atoms with Crippen molar-refractivity contribution in [3.8, 4) is 0 Å². The van der Waals surface area contributed by atoms with Crippen LogP contribution in [-0.4, -0.2) is 15.7 Å². The van der Waals surface area contributed by atoms with Gasteiger partial charge in [-0.05, 0) is 15.9 Å². The molecule has 0 radical (unpaired) electrons. The van der Waals surface area contributed by atoms with Crippen LogP contribution in [0.5, 0.6) is 0 Å². The average Bonchev–Trinajstić information content (AvgIpc) is 2.17. The maximum absolute atomic E-state index is 10.6. The van der Waals surface area contributed by atoms with Crippen molar-refractivity contribution in [3.05, 3.63) is 10.2 Å². The first-order valence-electron chi connectivity index (χ1n) is 2.81. The van der Waals surface area contributed by atoms with E-state index in [-0.39, 0.29) is 5.69 Å². The van der Waals surface area contributed by atoms with Gasteiger partial charge >= 0.3 is 0 Å². The van der Waals surface area contributed by atoms with E-state index in [0.717, 1.165) is 0 Å². The first kappa shape index (κ1) is 8.06. The van der Waals surface area contributed by atoms with Crippen molar-refractivity contribution in [1.82, 2.24) is 9.78 Å². The lowest BCUT2D eigenvalue weighted by molar-refractivity contribution is 0.0994. The van der Waals surface area contributed by atoms with Gasteiger partial charge in [-0.3, -0.25) is 9.48 Å². The summed E-state index contributed by atoms with van der Waals surface area (Å²) < 4.78 is 1.83. The summed E-state index contributed by atoms with van der Waals surface area (Å²) in [5.74, 6) is -0.206. The number of aryl methyl sites for hydroxylation is 1. The number of aromatic nitrogens is 2. The maximum Gasteiger partial charge on any atom is 0.270 e. The Morgan fingerprint density at radius 3 is 2.45 bits per heavy atom. The molecule has 5 nitrogen and oxygen atoms in total. The Labute approximate surface area is 71.5 Å². The van der Waals surface area contributed by atoms with Gasteiger partial charge in [-0.2, -0.15) is 5.10 Å². The van der Waals surface area contributed by atoms with E-state index < -0.39 is 5.91 Å². The molecule has 1 heterocycles. The van der Waals surface area contributed by atoms with Crippen LogP contribution in [0.15, 0.2) is 4.47 Å². The zero-order valence-electron chi connectivity index (χ0n) is 5.84. The van der Waals surface area contributed by atoms with Crippen LogP contribution < -0.4 is 11.5 Å². The summed E-state index contributed by atoms with van der Waals surface area (Å²) >= 11 is 3.09. The third-order valence-corrected chi connectivity index (χ3v) is 2.05. The molecule has 6 heteroatoms. The van der Waals surface area contributed by atoms with Gasteiger partial charge in [-0.15, -0.1) is 0 Å².